The highest BCUT2D eigenvalue weighted by atomic mass is 19.1. The van der Waals surface area contributed by atoms with Gasteiger partial charge in [0.05, 0.1) is 6.54 Å². The summed E-state index contributed by atoms with van der Waals surface area (Å²) in [6.45, 7) is 2.24. The van der Waals surface area contributed by atoms with E-state index >= 15 is 0 Å². The second-order valence-corrected chi connectivity index (χ2v) is 4.02. The van der Waals surface area contributed by atoms with Gasteiger partial charge in [0.1, 0.15) is 12.1 Å². The molecule has 2 rings (SSSR count). The van der Waals surface area contributed by atoms with Gasteiger partial charge in [-0.05, 0) is 6.92 Å². The van der Waals surface area contributed by atoms with Crippen LogP contribution in [0.2, 0.25) is 0 Å². The fourth-order valence-electron chi connectivity index (χ4n) is 1.78. The standard InChI is InChI=1S/C10H13FN4O/c1-7-4-8(14-6-13-7)15-3-2-10(11,5-15)9(12)16/h4,6H,2-3,5H2,1H3,(H2,12,16). The van der Waals surface area contributed by atoms with Gasteiger partial charge in [0.25, 0.3) is 5.91 Å². The van der Waals surface area contributed by atoms with Crippen LogP contribution in [0, 0.1) is 6.92 Å². The Balaban J connectivity index is 2.18. The van der Waals surface area contributed by atoms with Gasteiger partial charge in [-0.3, -0.25) is 4.79 Å². The lowest BCUT2D eigenvalue weighted by atomic mass is 10.1. The summed E-state index contributed by atoms with van der Waals surface area (Å²) in [7, 11) is 0. The van der Waals surface area contributed by atoms with E-state index in [1.54, 1.807) is 11.0 Å². The number of carbonyl (C=O) groups excluding carboxylic acids is 1. The third kappa shape index (κ3) is 1.82. The third-order valence-corrected chi connectivity index (χ3v) is 2.77. The molecule has 6 heteroatoms. The quantitative estimate of drug-likeness (QED) is 0.778. The predicted octanol–water partition coefficient (Wildman–Crippen LogP) is 0.189. The number of halogens is 1. The Kier molecular flexibility index (Phi) is 2.49. The first-order valence-corrected chi connectivity index (χ1v) is 5.04. The van der Waals surface area contributed by atoms with Crippen molar-refractivity contribution in [2.24, 2.45) is 5.73 Å². The minimum absolute atomic E-state index is 0.0290. The Labute approximate surface area is 92.5 Å². The first-order valence-electron chi connectivity index (χ1n) is 5.04. The van der Waals surface area contributed by atoms with Gasteiger partial charge in [-0.2, -0.15) is 0 Å². The van der Waals surface area contributed by atoms with Crippen LogP contribution in [0.5, 0.6) is 0 Å². The van der Waals surface area contributed by atoms with Gasteiger partial charge in [-0.25, -0.2) is 14.4 Å². The molecule has 16 heavy (non-hydrogen) atoms. The normalized spacial score (nSPS) is 24.8. The summed E-state index contributed by atoms with van der Waals surface area (Å²) < 4.78 is 13.9. The SMILES string of the molecule is Cc1cc(N2CCC(F)(C(N)=O)C2)ncn1. The molecule has 1 aliphatic heterocycles. The number of nitrogens with two attached hydrogens (primary N) is 1. The number of rotatable bonds is 2. The molecule has 0 saturated carbocycles. The Morgan fingerprint density at radius 2 is 2.38 bits per heavy atom. The maximum absolute atomic E-state index is 13.9. The van der Waals surface area contributed by atoms with Crippen molar-refractivity contribution < 1.29 is 9.18 Å². The van der Waals surface area contributed by atoms with Gasteiger partial charge in [0.2, 0.25) is 5.67 Å². The highest BCUT2D eigenvalue weighted by Crippen LogP contribution is 2.28. The number of nitrogens with zero attached hydrogens (tertiary/aromatic N) is 3. The maximum atomic E-state index is 13.9. The van der Waals surface area contributed by atoms with E-state index in [0.29, 0.717) is 12.4 Å². The molecule has 0 aliphatic carbocycles. The monoisotopic (exact) mass is 224 g/mol. The molecule has 2 N–H and O–H groups in total. The molecule has 0 radical (unpaired) electrons. The molecule has 0 spiro atoms. The summed E-state index contributed by atoms with van der Waals surface area (Å²) in [5.74, 6) is -0.269. The minimum Gasteiger partial charge on any atom is -0.367 e. The van der Waals surface area contributed by atoms with Crippen molar-refractivity contribution >= 4 is 11.7 Å². The minimum atomic E-state index is -1.93. The Morgan fingerprint density at radius 3 is 2.94 bits per heavy atom. The number of carbonyl (C=O) groups is 1. The van der Waals surface area contributed by atoms with Crippen LogP contribution in [-0.4, -0.2) is 34.6 Å². The third-order valence-electron chi connectivity index (χ3n) is 2.77. The van der Waals surface area contributed by atoms with Crippen LogP contribution in [0.15, 0.2) is 12.4 Å². The number of hydrogen-bond donors (Lipinski definition) is 1. The summed E-state index contributed by atoms with van der Waals surface area (Å²) >= 11 is 0. The smallest absolute Gasteiger partial charge is 0.257 e. The first kappa shape index (κ1) is 10.8. The number of alkyl halides is 1. The van der Waals surface area contributed by atoms with E-state index in [4.69, 9.17) is 5.73 Å². The average molecular weight is 224 g/mol. The fourth-order valence-corrected chi connectivity index (χ4v) is 1.78. The second kappa shape index (κ2) is 3.70. The summed E-state index contributed by atoms with van der Waals surface area (Å²) in [5, 5.41) is 0. The predicted molar refractivity (Wildman–Crippen MR) is 56.6 cm³/mol. The molecular weight excluding hydrogens is 211 g/mol. The Hall–Kier alpha value is -1.72. The molecule has 86 valence electrons. The van der Waals surface area contributed by atoms with Gasteiger partial charge < -0.3 is 10.6 Å². The lowest BCUT2D eigenvalue weighted by molar-refractivity contribution is -0.128. The molecule has 1 saturated heterocycles. The Bertz CT molecular complexity index is 425. The van der Waals surface area contributed by atoms with Crippen LogP contribution in [-0.2, 0) is 4.79 Å². The van der Waals surface area contributed by atoms with E-state index in [9.17, 15) is 9.18 Å². The number of aryl methyl sites for hydroxylation is 1. The highest BCUT2D eigenvalue weighted by Gasteiger charge is 2.44. The zero-order chi connectivity index (χ0) is 11.8. The molecule has 1 amide bonds. The molecule has 1 aromatic heterocycles. The van der Waals surface area contributed by atoms with Crippen molar-refractivity contribution in [3.63, 3.8) is 0 Å². The van der Waals surface area contributed by atoms with E-state index in [0.717, 1.165) is 5.69 Å². The van der Waals surface area contributed by atoms with Crippen molar-refractivity contribution in [1.29, 1.82) is 0 Å². The topological polar surface area (TPSA) is 72.1 Å². The van der Waals surface area contributed by atoms with Crippen LogP contribution in [0.1, 0.15) is 12.1 Å². The number of amides is 1. The lowest BCUT2D eigenvalue weighted by Gasteiger charge is -2.18. The molecule has 5 nitrogen and oxygen atoms in total. The van der Waals surface area contributed by atoms with Crippen LogP contribution in [0.25, 0.3) is 0 Å². The average Bonchev–Trinajstić information content (AvgIpc) is 2.62. The number of hydrogen-bond acceptors (Lipinski definition) is 4. The zero-order valence-electron chi connectivity index (χ0n) is 8.98. The van der Waals surface area contributed by atoms with E-state index in [1.807, 2.05) is 6.92 Å². The Morgan fingerprint density at radius 1 is 1.62 bits per heavy atom. The molecule has 1 aromatic rings. The largest absolute Gasteiger partial charge is 0.367 e. The summed E-state index contributed by atoms with van der Waals surface area (Å²) in [4.78, 5) is 20.7. The van der Waals surface area contributed by atoms with Crippen molar-refractivity contribution in [3.05, 3.63) is 18.1 Å². The van der Waals surface area contributed by atoms with Gasteiger partial charge in [0, 0.05) is 24.7 Å². The molecular formula is C10H13FN4O. The van der Waals surface area contributed by atoms with E-state index in [1.165, 1.54) is 6.33 Å². The van der Waals surface area contributed by atoms with Crippen LogP contribution in [0.4, 0.5) is 10.2 Å². The summed E-state index contributed by atoms with van der Waals surface area (Å²) in [5.41, 5.74) is 3.90. The van der Waals surface area contributed by atoms with Crippen molar-refractivity contribution in [2.45, 2.75) is 19.0 Å². The second-order valence-electron chi connectivity index (χ2n) is 4.02. The highest BCUT2D eigenvalue weighted by molar-refractivity contribution is 5.85. The van der Waals surface area contributed by atoms with Crippen LogP contribution in [0.3, 0.4) is 0 Å². The van der Waals surface area contributed by atoms with E-state index in [2.05, 4.69) is 9.97 Å². The van der Waals surface area contributed by atoms with Gasteiger partial charge in [-0.15, -0.1) is 0 Å². The van der Waals surface area contributed by atoms with Gasteiger partial charge in [0.15, 0.2) is 0 Å². The summed E-state index contributed by atoms with van der Waals surface area (Å²) in [6.07, 6.45) is 1.54. The molecule has 2 heterocycles. The molecule has 1 aliphatic rings. The molecule has 0 bridgehead atoms. The molecule has 0 aromatic carbocycles. The number of primary amides is 1. The first-order chi connectivity index (χ1) is 7.51. The molecule has 1 unspecified atom stereocenters. The number of aromatic nitrogens is 2. The molecule has 1 atom stereocenters. The lowest BCUT2D eigenvalue weighted by Crippen LogP contribution is -2.42. The van der Waals surface area contributed by atoms with E-state index < -0.39 is 11.6 Å². The maximum Gasteiger partial charge on any atom is 0.257 e. The van der Waals surface area contributed by atoms with Crippen LogP contribution < -0.4 is 10.6 Å². The van der Waals surface area contributed by atoms with Crippen molar-refractivity contribution in [3.8, 4) is 0 Å². The number of anilines is 1. The van der Waals surface area contributed by atoms with Gasteiger partial charge >= 0.3 is 0 Å². The fraction of sp³-hybridized carbons (Fsp3) is 0.500. The van der Waals surface area contributed by atoms with Gasteiger partial charge in [-0.1, -0.05) is 0 Å². The summed E-state index contributed by atoms with van der Waals surface area (Å²) in [6, 6.07) is 1.76. The van der Waals surface area contributed by atoms with Crippen LogP contribution >= 0.6 is 0 Å². The van der Waals surface area contributed by atoms with Crippen molar-refractivity contribution in [1.82, 2.24) is 9.97 Å². The van der Waals surface area contributed by atoms with E-state index in [-0.39, 0.29) is 13.0 Å². The van der Waals surface area contributed by atoms with Crippen molar-refractivity contribution in [2.75, 3.05) is 18.0 Å². The molecule has 1 fully saturated rings. The zero-order valence-corrected chi connectivity index (χ0v) is 8.98.